The lowest BCUT2D eigenvalue weighted by atomic mass is 10.1. The van der Waals surface area contributed by atoms with Gasteiger partial charge in [-0.15, -0.1) is 0 Å². The molecule has 0 aliphatic heterocycles. The summed E-state index contributed by atoms with van der Waals surface area (Å²) in [6.07, 6.45) is -9.52. The highest BCUT2D eigenvalue weighted by atomic mass is 19.4. The van der Waals surface area contributed by atoms with Crippen LogP contribution in [0, 0.1) is 0 Å². The maximum atomic E-state index is 12.3. The molecule has 0 spiro atoms. The van der Waals surface area contributed by atoms with Gasteiger partial charge in [0, 0.05) is 0 Å². The number of carbonyl (C=O) groups is 1. The summed E-state index contributed by atoms with van der Waals surface area (Å²) in [5.41, 5.74) is -2.27. The van der Waals surface area contributed by atoms with E-state index in [1.807, 2.05) is 0 Å². The van der Waals surface area contributed by atoms with E-state index in [-0.39, 0.29) is 6.07 Å². The van der Waals surface area contributed by atoms with Crippen LogP contribution in [0.15, 0.2) is 18.2 Å². The van der Waals surface area contributed by atoms with Gasteiger partial charge in [0.15, 0.2) is 6.61 Å². The molecule has 106 valence electrons. The predicted molar refractivity (Wildman–Crippen MR) is 50.0 cm³/mol. The maximum Gasteiger partial charge on any atom is 0.422 e. The second-order valence-corrected chi connectivity index (χ2v) is 3.42. The number of carboxylic acid groups (broad SMARTS) is 1. The number of carboxylic acids is 1. The molecule has 0 heterocycles. The molecule has 19 heavy (non-hydrogen) atoms. The first kappa shape index (κ1) is 15.1. The Balaban J connectivity index is 3.09. The molecule has 0 saturated carbocycles. The second kappa shape index (κ2) is 4.98. The monoisotopic (exact) mass is 288 g/mol. The molecule has 1 aromatic carbocycles. The van der Waals surface area contributed by atoms with Gasteiger partial charge in [0.1, 0.15) is 11.3 Å². The van der Waals surface area contributed by atoms with Gasteiger partial charge >= 0.3 is 18.3 Å². The summed E-state index contributed by atoms with van der Waals surface area (Å²) in [6.45, 7) is -1.79. The van der Waals surface area contributed by atoms with Gasteiger partial charge < -0.3 is 9.84 Å². The van der Waals surface area contributed by atoms with Crippen LogP contribution in [-0.2, 0) is 6.18 Å². The van der Waals surface area contributed by atoms with E-state index in [0.717, 1.165) is 0 Å². The van der Waals surface area contributed by atoms with Gasteiger partial charge in [-0.05, 0) is 18.2 Å². The van der Waals surface area contributed by atoms with Crippen molar-refractivity contribution in [2.75, 3.05) is 6.61 Å². The molecule has 1 N–H and O–H groups in total. The minimum Gasteiger partial charge on any atom is -0.483 e. The average molecular weight is 288 g/mol. The van der Waals surface area contributed by atoms with Crippen molar-refractivity contribution < 1.29 is 41.0 Å². The molecule has 0 unspecified atom stereocenters. The van der Waals surface area contributed by atoms with Crippen LogP contribution in [0.4, 0.5) is 26.3 Å². The molecule has 0 bridgehead atoms. The fourth-order valence-electron chi connectivity index (χ4n) is 1.16. The normalized spacial score (nSPS) is 12.3. The molecule has 0 fully saturated rings. The van der Waals surface area contributed by atoms with Crippen molar-refractivity contribution in [2.45, 2.75) is 12.4 Å². The van der Waals surface area contributed by atoms with E-state index in [4.69, 9.17) is 5.11 Å². The Bertz CT molecular complexity index is 477. The van der Waals surface area contributed by atoms with Crippen molar-refractivity contribution in [3.8, 4) is 5.75 Å². The first-order chi connectivity index (χ1) is 8.50. The lowest BCUT2D eigenvalue weighted by molar-refractivity contribution is -0.153. The highest BCUT2D eigenvalue weighted by Crippen LogP contribution is 2.33. The van der Waals surface area contributed by atoms with Crippen LogP contribution in [0.2, 0.25) is 0 Å². The van der Waals surface area contributed by atoms with Crippen LogP contribution in [-0.4, -0.2) is 23.9 Å². The molecule has 9 heteroatoms. The fraction of sp³-hybridized carbons (Fsp3) is 0.300. The van der Waals surface area contributed by atoms with Gasteiger partial charge in [-0.1, -0.05) is 0 Å². The second-order valence-electron chi connectivity index (χ2n) is 3.42. The quantitative estimate of drug-likeness (QED) is 0.868. The summed E-state index contributed by atoms with van der Waals surface area (Å²) < 4.78 is 76.8. The molecular weight excluding hydrogens is 282 g/mol. The van der Waals surface area contributed by atoms with Crippen LogP contribution in [0.5, 0.6) is 5.75 Å². The third-order valence-electron chi connectivity index (χ3n) is 1.93. The molecule has 0 aliphatic carbocycles. The van der Waals surface area contributed by atoms with Gasteiger partial charge in [-0.3, -0.25) is 0 Å². The smallest absolute Gasteiger partial charge is 0.422 e. The van der Waals surface area contributed by atoms with E-state index in [1.54, 1.807) is 0 Å². The van der Waals surface area contributed by atoms with Gasteiger partial charge in [-0.25, -0.2) is 4.79 Å². The van der Waals surface area contributed by atoms with Crippen molar-refractivity contribution in [1.29, 1.82) is 0 Å². The standard InChI is InChI=1S/C10H6F6O3/c11-9(12,13)4-19-7-2-1-5(10(14,15)16)3-6(7)8(17)18/h1-3H,4H2,(H,17,18). The van der Waals surface area contributed by atoms with Crippen molar-refractivity contribution in [1.82, 2.24) is 0 Å². The molecule has 0 atom stereocenters. The van der Waals surface area contributed by atoms with E-state index < -0.39 is 41.8 Å². The number of alkyl halides is 6. The Morgan fingerprint density at radius 1 is 1.16 bits per heavy atom. The molecule has 0 radical (unpaired) electrons. The van der Waals surface area contributed by atoms with Gasteiger partial charge in [-0.2, -0.15) is 26.3 Å². The van der Waals surface area contributed by atoms with Crippen molar-refractivity contribution >= 4 is 5.97 Å². The highest BCUT2D eigenvalue weighted by Gasteiger charge is 2.33. The van der Waals surface area contributed by atoms with Crippen LogP contribution in [0.3, 0.4) is 0 Å². The Hall–Kier alpha value is -1.93. The minimum absolute atomic E-state index is 0.216. The molecule has 0 aliphatic rings. The zero-order valence-corrected chi connectivity index (χ0v) is 8.97. The van der Waals surface area contributed by atoms with E-state index in [9.17, 15) is 31.1 Å². The first-order valence-electron chi connectivity index (χ1n) is 4.65. The number of hydrogen-bond acceptors (Lipinski definition) is 2. The van der Waals surface area contributed by atoms with Crippen molar-refractivity contribution in [3.05, 3.63) is 29.3 Å². The van der Waals surface area contributed by atoms with Crippen LogP contribution in [0.25, 0.3) is 0 Å². The zero-order valence-electron chi connectivity index (χ0n) is 8.97. The zero-order chi connectivity index (χ0) is 14.8. The summed E-state index contributed by atoms with van der Waals surface area (Å²) in [5.74, 6) is -2.60. The Kier molecular flexibility index (Phi) is 3.97. The van der Waals surface area contributed by atoms with Gasteiger partial charge in [0.25, 0.3) is 0 Å². The van der Waals surface area contributed by atoms with E-state index in [0.29, 0.717) is 12.1 Å². The number of ether oxygens (including phenoxy) is 1. The highest BCUT2D eigenvalue weighted by molar-refractivity contribution is 5.91. The molecule has 1 rings (SSSR count). The predicted octanol–water partition coefficient (Wildman–Crippen LogP) is 3.34. The SMILES string of the molecule is O=C(O)c1cc(C(F)(F)F)ccc1OCC(F)(F)F. The van der Waals surface area contributed by atoms with E-state index in [1.165, 1.54) is 0 Å². The third kappa shape index (κ3) is 4.34. The molecule has 3 nitrogen and oxygen atoms in total. The largest absolute Gasteiger partial charge is 0.483 e. The van der Waals surface area contributed by atoms with E-state index >= 15 is 0 Å². The molecule has 1 aromatic rings. The van der Waals surface area contributed by atoms with Crippen LogP contribution in [0.1, 0.15) is 15.9 Å². The number of rotatable bonds is 3. The van der Waals surface area contributed by atoms with Crippen molar-refractivity contribution in [3.63, 3.8) is 0 Å². The summed E-state index contributed by atoms with van der Waals surface area (Å²) in [5, 5.41) is 8.66. The minimum atomic E-state index is -4.80. The third-order valence-corrected chi connectivity index (χ3v) is 1.93. The van der Waals surface area contributed by atoms with Gasteiger partial charge in [0.05, 0.1) is 5.56 Å². The fourth-order valence-corrected chi connectivity index (χ4v) is 1.16. The van der Waals surface area contributed by atoms with Crippen LogP contribution < -0.4 is 4.74 Å². The first-order valence-corrected chi connectivity index (χ1v) is 4.65. The number of halogens is 6. The van der Waals surface area contributed by atoms with Crippen LogP contribution >= 0.6 is 0 Å². The molecule has 0 amide bonds. The molecule has 0 saturated heterocycles. The summed E-state index contributed by atoms with van der Waals surface area (Å²) in [6, 6.07) is 1.20. The maximum absolute atomic E-state index is 12.3. The number of hydrogen-bond donors (Lipinski definition) is 1. The Labute approximate surface area is 102 Å². The summed E-state index contributed by atoms with van der Waals surface area (Å²) in [4.78, 5) is 10.7. The number of aromatic carboxylic acids is 1. The Morgan fingerprint density at radius 3 is 2.16 bits per heavy atom. The topological polar surface area (TPSA) is 46.5 Å². The Morgan fingerprint density at radius 2 is 1.74 bits per heavy atom. The molecular formula is C10H6F6O3. The number of benzene rings is 1. The lowest BCUT2D eigenvalue weighted by Gasteiger charge is -2.13. The van der Waals surface area contributed by atoms with Crippen molar-refractivity contribution in [2.24, 2.45) is 0 Å². The van der Waals surface area contributed by atoms with E-state index in [2.05, 4.69) is 4.74 Å². The lowest BCUT2D eigenvalue weighted by Crippen LogP contribution is -2.20. The molecule has 0 aromatic heterocycles. The summed E-state index contributed by atoms with van der Waals surface area (Å²) in [7, 11) is 0. The van der Waals surface area contributed by atoms with Gasteiger partial charge in [0.2, 0.25) is 0 Å². The average Bonchev–Trinajstić information content (AvgIpc) is 2.23. The summed E-state index contributed by atoms with van der Waals surface area (Å²) >= 11 is 0.